The van der Waals surface area contributed by atoms with E-state index in [1.165, 1.54) is 14.0 Å². The van der Waals surface area contributed by atoms with Gasteiger partial charge in [0.25, 0.3) is 2.88 Å². The van der Waals surface area contributed by atoms with Crippen molar-refractivity contribution >= 4 is 22.9 Å². The lowest BCUT2D eigenvalue weighted by molar-refractivity contribution is -0.591. The predicted molar refractivity (Wildman–Crippen MR) is 62.6 cm³/mol. The first kappa shape index (κ1) is 14.5. The maximum Gasteiger partial charge on any atom is 0.370 e. The van der Waals surface area contributed by atoms with E-state index >= 15 is 0 Å². The van der Waals surface area contributed by atoms with Gasteiger partial charge in [-0.25, -0.2) is 0 Å². The fraction of sp³-hybridized carbons (Fsp3) is 0.167. The van der Waals surface area contributed by atoms with E-state index in [0.29, 0.717) is 0 Å². The normalized spacial score (nSPS) is 9.94. The van der Waals surface area contributed by atoms with Crippen LogP contribution in [-0.2, 0) is 0 Å². The number of halogens is 3. The Morgan fingerprint density at radius 2 is 1.75 bits per heavy atom. The molecule has 0 saturated carbocycles. The van der Waals surface area contributed by atoms with Crippen molar-refractivity contribution in [2.75, 3.05) is 0 Å². The number of hydrogen-bond donors (Lipinski definition) is 0. The molecular formula is C12H11BrClIS. The molecule has 1 heterocycles. The molecule has 0 fully saturated rings. The van der Waals surface area contributed by atoms with Gasteiger partial charge in [0, 0.05) is 15.5 Å². The second-order valence-corrected chi connectivity index (χ2v) is 8.63. The quantitative estimate of drug-likeness (QED) is 0.492. The molecule has 1 aromatic heterocycles. The van der Waals surface area contributed by atoms with Crippen molar-refractivity contribution in [2.24, 2.45) is 0 Å². The Balaban J connectivity index is 0.00000128. The fourth-order valence-corrected chi connectivity index (χ4v) is 6.04. The van der Waals surface area contributed by atoms with Gasteiger partial charge in [0.2, 0.25) is 0 Å². The average Bonchev–Trinajstić information content (AvgIpc) is 2.49. The standard InChI is InChI=1S/C12H11ClIS.BrH/c1-8-7-9(2)15-12(8)14-11-5-3-10(13)4-6-11;/h3-7H,1-2H3;1H/q+1;/p-1. The molecule has 1 aromatic carbocycles. The zero-order valence-corrected chi connectivity index (χ0v) is 14.2. The smallest absolute Gasteiger partial charge is 0.370 e. The second-order valence-electron chi connectivity index (χ2n) is 3.34. The van der Waals surface area contributed by atoms with E-state index < -0.39 is 0 Å². The van der Waals surface area contributed by atoms with E-state index in [9.17, 15) is 0 Å². The summed E-state index contributed by atoms with van der Waals surface area (Å²) in [7, 11) is 0. The molecule has 0 N–H and O–H groups in total. The predicted octanol–water partition coefficient (Wildman–Crippen LogP) is -1.85. The van der Waals surface area contributed by atoms with Gasteiger partial charge in [0.1, 0.15) is 0 Å². The van der Waals surface area contributed by atoms with Crippen LogP contribution in [0, 0.1) is 20.3 Å². The topological polar surface area (TPSA) is 0 Å². The summed E-state index contributed by atoms with van der Waals surface area (Å²) in [5, 5.41) is 0.821. The molecular weight excluding hydrogens is 418 g/mol. The summed E-state index contributed by atoms with van der Waals surface area (Å²) in [4.78, 5) is 1.41. The zero-order valence-electron chi connectivity index (χ0n) is 8.93. The first-order valence-electron chi connectivity index (χ1n) is 4.62. The van der Waals surface area contributed by atoms with Crippen molar-refractivity contribution in [1.29, 1.82) is 0 Å². The van der Waals surface area contributed by atoms with Crippen LogP contribution >= 0.6 is 22.9 Å². The van der Waals surface area contributed by atoms with Gasteiger partial charge in [0.15, 0.2) is 3.57 Å². The summed E-state index contributed by atoms with van der Waals surface area (Å²) >= 11 is 7.77. The lowest BCUT2D eigenvalue weighted by Crippen LogP contribution is -3.61. The minimum absolute atomic E-state index is 0. The maximum absolute atomic E-state index is 5.86. The van der Waals surface area contributed by atoms with Crippen molar-refractivity contribution < 1.29 is 38.2 Å². The summed E-state index contributed by atoms with van der Waals surface area (Å²) in [6.45, 7) is 4.38. The molecule has 0 amide bonds. The van der Waals surface area contributed by atoms with Gasteiger partial charge in [-0.3, -0.25) is 0 Å². The van der Waals surface area contributed by atoms with E-state index in [-0.39, 0.29) is 38.2 Å². The lowest BCUT2D eigenvalue weighted by atomic mass is 10.4. The second kappa shape index (κ2) is 6.38. The highest BCUT2D eigenvalue weighted by molar-refractivity contribution is 7.09. The summed E-state index contributed by atoms with van der Waals surface area (Å²) in [6, 6.07) is 10.5. The molecule has 0 spiro atoms. The molecule has 0 unspecified atom stereocenters. The third kappa shape index (κ3) is 3.72. The average molecular weight is 430 g/mol. The molecule has 16 heavy (non-hydrogen) atoms. The van der Waals surface area contributed by atoms with Crippen molar-refractivity contribution in [2.45, 2.75) is 13.8 Å². The Hall–Kier alpha value is 0.420. The highest BCUT2D eigenvalue weighted by atomic mass is 127. The lowest BCUT2D eigenvalue weighted by Gasteiger charge is -1.86. The minimum atomic E-state index is -0.0251. The van der Waals surface area contributed by atoms with Crippen LogP contribution in [0.5, 0.6) is 0 Å². The van der Waals surface area contributed by atoms with Crippen LogP contribution < -0.4 is 38.2 Å². The van der Waals surface area contributed by atoms with Crippen molar-refractivity contribution in [1.82, 2.24) is 0 Å². The Labute approximate surface area is 126 Å². The first-order valence-corrected chi connectivity index (χ1v) is 7.98. The van der Waals surface area contributed by atoms with E-state index in [4.69, 9.17) is 11.6 Å². The van der Waals surface area contributed by atoms with Crippen LogP contribution in [-0.4, -0.2) is 0 Å². The fourth-order valence-electron chi connectivity index (χ4n) is 1.30. The Morgan fingerprint density at radius 1 is 1.12 bits per heavy atom. The van der Waals surface area contributed by atoms with Gasteiger partial charge in [-0.15, -0.1) is 0 Å². The molecule has 0 aliphatic heterocycles. The summed E-state index contributed by atoms with van der Waals surface area (Å²) in [5.41, 5.74) is 1.44. The van der Waals surface area contributed by atoms with Gasteiger partial charge in [-0.05, 0) is 44.2 Å². The molecule has 0 atom stereocenters. The molecule has 0 bridgehead atoms. The van der Waals surface area contributed by atoms with Crippen LogP contribution in [0.3, 0.4) is 0 Å². The van der Waals surface area contributed by atoms with E-state index in [2.05, 4.69) is 32.0 Å². The summed E-state index contributed by atoms with van der Waals surface area (Å²) < 4.78 is 3.00. The number of benzene rings is 1. The number of thiophene rings is 1. The highest BCUT2D eigenvalue weighted by Crippen LogP contribution is 2.12. The molecule has 0 radical (unpaired) electrons. The molecule has 0 aliphatic carbocycles. The van der Waals surface area contributed by atoms with Gasteiger partial charge >= 0.3 is 21.2 Å². The zero-order chi connectivity index (χ0) is 10.8. The highest BCUT2D eigenvalue weighted by Gasteiger charge is 2.20. The van der Waals surface area contributed by atoms with Crippen LogP contribution in [0.4, 0.5) is 0 Å². The third-order valence-electron chi connectivity index (χ3n) is 1.98. The number of aryl methyl sites for hydroxylation is 2. The van der Waals surface area contributed by atoms with Gasteiger partial charge in [-0.2, -0.15) is 0 Å². The molecule has 0 saturated heterocycles. The number of hydrogen-bond acceptors (Lipinski definition) is 1. The van der Waals surface area contributed by atoms with Crippen molar-refractivity contribution in [3.05, 3.63) is 52.2 Å². The Morgan fingerprint density at radius 3 is 2.25 bits per heavy atom. The number of rotatable bonds is 2. The molecule has 4 heteroatoms. The van der Waals surface area contributed by atoms with Gasteiger partial charge in [0.05, 0.1) is 0 Å². The first-order chi connectivity index (χ1) is 7.15. The monoisotopic (exact) mass is 428 g/mol. The third-order valence-corrected chi connectivity index (χ3v) is 7.03. The van der Waals surface area contributed by atoms with Crippen LogP contribution in [0.2, 0.25) is 5.02 Å². The molecule has 2 aromatic rings. The molecule has 2 rings (SSSR count). The Kier molecular flexibility index (Phi) is 5.77. The SMILES string of the molecule is Cc1cc(C)c([I+]c2ccc(Cl)cc2)s1.[Br-]. The molecule has 86 valence electrons. The summed E-state index contributed by atoms with van der Waals surface area (Å²) in [5.74, 6) is 0. The largest absolute Gasteiger partial charge is 1.00 e. The van der Waals surface area contributed by atoms with Crippen LogP contribution in [0.15, 0.2) is 30.3 Å². The van der Waals surface area contributed by atoms with E-state index in [1.807, 2.05) is 23.5 Å². The van der Waals surface area contributed by atoms with Crippen molar-refractivity contribution in [3.8, 4) is 0 Å². The van der Waals surface area contributed by atoms with E-state index in [1.54, 1.807) is 2.88 Å². The molecule has 0 nitrogen and oxygen atoms in total. The van der Waals surface area contributed by atoms with Crippen LogP contribution in [0.25, 0.3) is 0 Å². The minimum Gasteiger partial charge on any atom is -1.00 e. The Bertz CT molecular complexity index is 464. The molecule has 0 aliphatic rings. The maximum atomic E-state index is 5.86. The summed E-state index contributed by atoms with van der Waals surface area (Å²) in [6.07, 6.45) is 0. The van der Waals surface area contributed by atoms with Gasteiger partial charge in [-0.1, -0.05) is 22.9 Å². The van der Waals surface area contributed by atoms with Crippen LogP contribution in [0.1, 0.15) is 10.4 Å². The van der Waals surface area contributed by atoms with E-state index in [0.717, 1.165) is 5.02 Å². The van der Waals surface area contributed by atoms with Crippen molar-refractivity contribution in [3.63, 3.8) is 0 Å². The van der Waals surface area contributed by atoms with Gasteiger partial charge < -0.3 is 17.0 Å².